The van der Waals surface area contributed by atoms with Gasteiger partial charge in [-0.1, -0.05) is 0 Å². The number of rotatable bonds is 5. The fourth-order valence-electron chi connectivity index (χ4n) is 2.42. The van der Waals surface area contributed by atoms with Gasteiger partial charge in [0, 0.05) is 38.1 Å². The summed E-state index contributed by atoms with van der Waals surface area (Å²) >= 11 is 0. The van der Waals surface area contributed by atoms with Crippen LogP contribution in [0.2, 0.25) is 0 Å². The summed E-state index contributed by atoms with van der Waals surface area (Å²) in [5, 5.41) is 11.4. The highest BCUT2D eigenvalue weighted by molar-refractivity contribution is 5.75. The SMILES string of the molecule is NC(CCNC(=O)N1CCC(n2ccnc2)CC1)C(=O)O. The lowest BCUT2D eigenvalue weighted by molar-refractivity contribution is -0.138. The zero-order valence-electron chi connectivity index (χ0n) is 11.8. The van der Waals surface area contributed by atoms with Gasteiger partial charge in [0.2, 0.25) is 0 Å². The maximum absolute atomic E-state index is 12.0. The number of carbonyl (C=O) groups is 2. The molecule has 1 unspecified atom stereocenters. The number of hydrogen-bond donors (Lipinski definition) is 3. The van der Waals surface area contributed by atoms with E-state index in [1.54, 1.807) is 17.4 Å². The minimum atomic E-state index is -1.05. The first-order chi connectivity index (χ1) is 10.1. The van der Waals surface area contributed by atoms with E-state index in [2.05, 4.69) is 14.9 Å². The molecule has 1 atom stereocenters. The minimum absolute atomic E-state index is 0.156. The molecule has 21 heavy (non-hydrogen) atoms. The third-order valence-corrected chi connectivity index (χ3v) is 3.75. The van der Waals surface area contributed by atoms with Gasteiger partial charge in [0.1, 0.15) is 6.04 Å². The normalized spacial score (nSPS) is 17.5. The summed E-state index contributed by atoms with van der Waals surface area (Å²) in [5.74, 6) is -1.05. The number of aromatic nitrogens is 2. The van der Waals surface area contributed by atoms with Crippen molar-refractivity contribution in [3.8, 4) is 0 Å². The molecule has 0 spiro atoms. The maximum atomic E-state index is 12.0. The first-order valence-corrected chi connectivity index (χ1v) is 7.06. The van der Waals surface area contributed by atoms with Gasteiger partial charge in [-0.3, -0.25) is 4.79 Å². The number of urea groups is 1. The highest BCUT2D eigenvalue weighted by Gasteiger charge is 2.23. The monoisotopic (exact) mass is 295 g/mol. The lowest BCUT2D eigenvalue weighted by Crippen LogP contribution is -2.46. The van der Waals surface area contributed by atoms with E-state index in [9.17, 15) is 9.59 Å². The Morgan fingerprint density at radius 1 is 1.43 bits per heavy atom. The molecule has 4 N–H and O–H groups in total. The fourth-order valence-corrected chi connectivity index (χ4v) is 2.42. The Morgan fingerprint density at radius 3 is 2.71 bits per heavy atom. The Labute approximate surface area is 122 Å². The molecule has 1 aliphatic rings. The van der Waals surface area contributed by atoms with Gasteiger partial charge in [-0.2, -0.15) is 0 Å². The summed E-state index contributed by atoms with van der Waals surface area (Å²) in [6.07, 6.45) is 7.50. The van der Waals surface area contributed by atoms with Gasteiger partial charge in [-0.15, -0.1) is 0 Å². The molecule has 1 aliphatic heterocycles. The van der Waals surface area contributed by atoms with Crippen LogP contribution in [0.3, 0.4) is 0 Å². The molecule has 8 nitrogen and oxygen atoms in total. The molecule has 116 valence electrons. The Balaban J connectivity index is 1.69. The van der Waals surface area contributed by atoms with E-state index in [-0.39, 0.29) is 19.0 Å². The number of carboxylic acid groups (broad SMARTS) is 1. The fraction of sp³-hybridized carbons (Fsp3) is 0.615. The molecule has 0 bridgehead atoms. The van der Waals surface area contributed by atoms with Crippen LogP contribution < -0.4 is 11.1 Å². The molecule has 0 saturated carbocycles. The minimum Gasteiger partial charge on any atom is -0.480 e. The molecule has 8 heteroatoms. The summed E-state index contributed by atoms with van der Waals surface area (Å²) in [6, 6.07) is -0.703. The maximum Gasteiger partial charge on any atom is 0.320 e. The summed E-state index contributed by atoms with van der Waals surface area (Å²) in [5.41, 5.74) is 5.38. The van der Waals surface area contributed by atoms with E-state index >= 15 is 0 Å². The average Bonchev–Trinajstić information content (AvgIpc) is 3.01. The van der Waals surface area contributed by atoms with Crippen LogP contribution in [0.1, 0.15) is 25.3 Å². The molecule has 1 fully saturated rings. The van der Waals surface area contributed by atoms with E-state index in [4.69, 9.17) is 10.8 Å². The zero-order valence-corrected chi connectivity index (χ0v) is 11.8. The molecular weight excluding hydrogens is 274 g/mol. The third-order valence-electron chi connectivity index (χ3n) is 3.75. The van der Waals surface area contributed by atoms with Crippen molar-refractivity contribution in [2.75, 3.05) is 19.6 Å². The first kappa shape index (κ1) is 15.3. The van der Waals surface area contributed by atoms with Crippen LogP contribution >= 0.6 is 0 Å². The molecule has 0 aliphatic carbocycles. The lowest BCUT2D eigenvalue weighted by Gasteiger charge is -2.32. The number of nitrogens with two attached hydrogens (primary N) is 1. The smallest absolute Gasteiger partial charge is 0.320 e. The predicted octanol–water partition coefficient (Wildman–Crippen LogP) is 0.0316. The van der Waals surface area contributed by atoms with Gasteiger partial charge in [0.15, 0.2) is 0 Å². The topological polar surface area (TPSA) is 113 Å². The summed E-state index contributed by atoms with van der Waals surface area (Å²) in [4.78, 5) is 28.3. The number of nitrogens with zero attached hydrogens (tertiary/aromatic N) is 3. The molecule has 2 heterocycles. The van der Waals surface area contributed by atoms with E-state index in [0.29, 0.717) is 19.1 Å². The molecule has 2 amide bonds. The molecule has 2 rings (SSSR count). The van der Waals surface area contributed by atoms with Crippen molar-refractivity contribution in [3.63, 3.8) is 0 Å². The third kappa shape index (κ3) is 4.19. The zero-order chi connectivity index (χ0) is 15.2. The Kier molecular flexibility index (Phi) is 5.15. The standard InChI is InChI=1S/C13H21N5O3/c14-11(12(19)20)1-4-16-13(21)17-6-2-10(3-7-17)18-8-5-15-9-18/h5,8-11H,1-4,6-7,14H2,(H,16,21)(H,19,20). The van der Waals surface area contributed by atoms with Gasteiger partial charge < -0.3 is 25.6 Å². The second kappa shape index (κ2) is 7.07. The lowest BCUT2D eigenvalue weighted by atomic mass is 10.1. The van der Waals surface area contributed by atoms with Crippen molar-refractivity contribution in [1.29, 1.82) is 0 Å². The van der Waals surface area contributed by atoms with Crippen molar-refractivity contribution < 1.29 is 14.7 Å². The van der Waals surface area contributed by atoms with Crippen LogP contribution in [0.25, 0.3) is 0 Å². The second-order valence-electron chi connectivity index (χ2n) is 5.19. The van der Waals surface area contributed by atoms with Crippen LogP contribution in [-0.2, 0) is 4.79 Å². The van der Waals surface area contributed by atoms with Crippen molar-refractivity contribution in [1.82, 2.24) is 19.8 Å². The summed E-state index contributed by atoms with van der Waals surface area (Å²) in [6.45, 7) is 1.63. The van der Waals surface area contributed by atoms with Gasteiger partial charge in [0.25, 0.3) is 0 Å². The Morgan fingerprint density at radius 2 is 2.14 bits per heavy atom. The van der Waals surface area contributed by atoms with Crippen LogP contribution in [-0.4, -0.2) is 57.2 Å². The average molecular weight is 295 g/mol. The number of aliphatic carboxylic acids is 1. The molecule has 1 aromatic rings. The molecule has 1 saturated heterocycles. The number of nitrogens with one attached hydrogen (secondary N) is 1. The van der Waals surface area contributed by atoms with Crippen LogP contribution in [0.15, 0.2) is 18.7 Å². The first-order valence-electron chi connectivity index (χ1n) is 7.06. The largest absolute Gasteiger partial charge is 0.480 e. The Hall–Kier alpha value is -2.09. The summed E-state index contributed by atoms with van der Waals surface area (Å²) < 4.78 is 2.07. The van der Waals surface area contributed by atoms with Gasteiger partial charge >= 0.3 is 12.0 Å². The van der Waals surface area contributed by atoms with Crippen LogP contribution in [0.5, 0.6) is 0 Å². The number of carbonyl (C=O) groups excluding carboxylic acids is 1. The highest BCUT2D eigenvalue weighted by atomic mass is 16.4. The number of imidazole rings is 1. The van der Waals surface area contributed by atoms with Crippen LogP contribution in [0, 0.1) is 0 Å². The Bertz CT molecular complexity index is 468. The second-order valence-corrected chi connectivity index (χ2v) is 5.19. The molecule has 0 radical (unpaired) electrons. The number of amides is 2. The van der Waals surface area contributed by atoms with Gasteiger partial charge in [-0.25, -0.2) is 9.78 Å². The summed E-state index contributed by atoms with van der Waals surface area (Å²) in [7, 11) is 0. The molecule has 1 aromatic heterocycles. The van der Waals surface area contributed by atoms with Crippen molar-refractivity contribution in [3.05, 3.63) is 18.7 Å². The van der Waals surface area contributed by atoms with E-state index in [1.165, 1.54) is 0 Å². The number of likely N-dealkylation sites (tertiary alicyclic amines) is 1. The predicted molar refractivity (Wildman–Crippen MR) is 75.7 cm³/mol. The van der Waals surface area contributed by atoms with E-state index < -0.39 is 12.0 Å². The van der Waals surface area contributed by atoms with Crippen LogP contribution in [0.4, 0.5) is 4.79 Å². The highest BCUT2D eigenvalue weighted by Crippen LogP contribution is 2.21. The number of hydrogen-bond acceptors (Lipinski definition) is 4. The van der Waals surface area contributed by atoms with E-state index in [1.807, 2.05) is 6.20 Å². The molecular formula is C13H21N5O3. The van der Waals surface area contributed by atoms with Gasteiger partial charge in [0.05, 0.1) is 6.33 Å². The van der Waals surface area contributed by atoms with E-state index in [0.717, 1.165) is 12.8 Å². The van der Waals surface area contributed by atoms with Crippen molar-refractivity contribution >= 4 is 12.0 Å². The number of piperidine rings is 1. The van der Waals surface area contributed by atoms with Crippen molar-refractivity contribution in [2.24, 2.45) is 5.73 Å². The number of carboxylic acids is 1. The quantitative estimate of drug-likeness (QED) is 0.709. The van der Waals surface area contributed by atoms with Crippen molar-refractivity contribution in [2.45, 2.75) is 31.3 Å². The molecule has 0 aromatic carbocycles. The van der Waals surface area contributed by atoms with Gasteiger partial charge in [-0.05, 0) is 19.3 Å².